The highest BCUT2D eigenvalue weighted by atomic mass is 16.2. The van der Waals surface area contributed by atoms with Crippen LogP contribution in [0.15, 0.2) is 18.2 Å². The molecule has 1 heterocycles. The van der Waals surface area contributed by atoms with Crippen LogP contribution in [-0.2, 0) is 4.79 Å². The first-order valence-electron chi connectivity index (χ1n) is 6.61. The molecule has 2 rings (SSSR count). The Morgan fingerprint density at radius 2 is 2.00 bits per heavy atom. The number of anilines is 1. The van der Waals surface area contributed by atoms with Gasteiger partial charge in [0.1, 0.15) is 0 Å². The molecule has 2 atom stereocenters. The lowest BCUT2D eigenvalue weighted by molar-refractivity contribution is -0.119. The van der Waals surface area contributed by atoms with Crippen LogP contribution in [0.4, 0.5) is 5.69 Å². The van der Waals surface area contributed by atoms with Crippen molar-refractivity contribution in [1.82, 2.24) is 5.32 Å². The largest absolute Gasteiger partial charge is 0.310 e. The van der Waals surface area contributed by atoms with Gasteiger partial charge in [-0.1, -0.05) is 19.1 Å². The summed E-state index contributed by atoms with van der Waals surface area (Å²) >= 11 is 0. The third-order valence-corrected chi connectivity index (χ3v) is 3.77. The van der Waals surface area contributed by atoms with Gasteiger partial charge in [-0.15, -0.1) is 0 Å². The van der Waals surface area contributed by atoms with Crippen LogP contribution in [0.25, 0.3) is 0 Å². The number of nitrogens with zero attached hydrogens (tertiary/aromatic N) is 1. The Morgan fingerprint density at radius 3 is 2.72 bits per heavy atom. The number of carbonyl (C=O) groups excluding carboxylic acids is 1. The van der Waals surface area contributed by atoms with Crippen LogP contribution in [0.1, 0.15) is 25.0 Å². The summed E-state index contributed by atoms with van der Waals surface area (Å²) in [4.78, 5) is 14.4. The Kier molecular flexibility index (Phi) is 3.71. The second-order valence-electron chi connectivity index (χ2n) is 5.40. The molecule has 0 spiro atoms. The van der Waals surface area contributed by atoms with E-state index >= 15 is 0 Å². The summed E-state index contributed by atoms with van der Waals surface area (Å²) in [7, 11) is 0. The summed E-state index contributed by atoms with van der Waals surface area (Å²) in [6, 6.07) is 6.06. The number of rotatable bonds is 1. The lowest BCUT2D eigenvalue weighted by Crippen LogP contribution is -2.42. The van der Waals surface area contributed by atoms with Crippen molar-refractivity contribution in [3.63, 3.8) is 0 Å². The Hall–Kier alpha value is -1.35. The molecule has 98 valence electrons. The van der Waals surface area contributed by atoms with E-state index in [4.69, 9.17) is 0 Å². The second kappa shape index (κ2) is 5.11. The van der Waals surface area contributed by atoms with Crippen molar-refractivity contribution < 1.29 is 4.79 Å². The van der Waals surface area contributed by atoms with E-state index in [1.807, 2.05) is 24.0 Å². The van der Waals surface area contributed by atoms with Gasteiger partial charge in [0, 0.05) is 18.8 Å². The topological polar surface area (TPSA) is 32.3 Å². The number of nitrogens with one attached hydrogen (secondary N) is 1. The molecule has 2 unspecified atom stereocenters. The molecule has 3 heteroatoms. The molecule has 0 aliphatic carbocycles. The van der Waals surface area contributed by atoms with E-state index in [0.29, 0.717) is 5.92 Å². The predicted octanol–water partition coefficient (Wildman–Crippen LogP) is 2.26. The zero-order valence-corrected chi connectivity index (χ0v) is 11.7. The summed E-state index contributed by atoms with van der Waals surface area (Å²) in [6.07, 6.45) is 0. The van der Waals surface area contributed by atoms with E-state index in [1.165, 1.54) is 11.1 Å². The van der Waals surface area contributed by atoms with Gasteiger partial charge in [0.15, 0.2) is 0 Å². The van der Waals surface area contributed by atoms with Gasteiger partial charge in [-0.05, 0) is 43.9 Å². The van der Waals surface area contributed by atoms with Crippen molar-refractivity contribution in [1.29, 1.82) is 0 Å². The van der Waals surface area contributed by atoms with Crippen LogP contribution in [0.3, 0.4) is 0 Å². The van der Waals surface area contributed by atoms with E-state index in [0.717, 1.165) is 18.8 Å². The van der Waals surface area contributed by atoms with Crippen LogP contribution in [0.2, 0.25) is 0 Å². The van der Waals surface area contributed by atoms with Gasteiger partial charge in [0.2, 0.25) is 5.91 Å². The fourth-order valence-corrected chi connectivity index (χ4v) is 2.41. The van der Waals surface area contributed by atoms with Crippen LogP contribution in [0, 0.1) is 19.8 Å². The third-order valence-electron chi connectivity index (χ3n) is 3.77. The summed E-state index contributed by atoms with van der Waals surface area (Å²) < 4.78 is 0. The Balaban J connectivity index is 2.40. The van der Waals surface area contributed by atoms with Crippen molar-refractivity contribution >= 4 is 11.6 Å². The molecule has 0 saturated carbocycles. The van der Waals surface area contributed by atoms with Gasteiger partial charge < -0.3 is 10.2 Å². The molecule has 1 N–H and O–H groups in total. The average Bonchev–Trinajstić information content (AvgIpc) is 2.47. The van der Waals surface area contributed by atoms with E-state index in [1.54, 1.807) is 0 Å². The van der Waals surface area contributed by atoms with Crippen LogP contribution in [-0.4, -0.2) is 25.0 Å². The molecule has 18 heavy (non-hydrogen) atoms. The number of hydrogen-bond acceptors (Lipinski definition) is 2. The quantitative estimate of drug-likeness (QED) is 0.824. The lowest BCUT2D eigenvalue weighted by Gasteiger charge is -2.26. The first kappa shape index (κ1) is 13.1. The molecule has 0 aromatic heterocycles. The molecule has 0 bridgehead atoms. The highest BCUT2D eigenvalue weighted by Gasteiger charge is 2.28. The van der Waals surface area contributed by atoms with Gasteiger partial charge in [-0.25, -0.2) is 0 Å². The molecule has 1 aromatic carbocycles. The maximum atomic E-state index is 12.4. The molecule has 1 amide bonds. The third kappa shape index (κ3) is 2.41. The number of benzene rings is 1. The summed E-state index contributed by atoms with van der Waals surface area (Å²) in [5, 5.41) is 3.29. The number of amides is 1. The maximum Gasteiger partial charge on any atom is 0.243 e. The smallest absolute Gasteiger partial charge is 0.243 e. The van der Waals surface area contributed by atoms with Crippen LogP contribution >= 0.6 is 0 Å². The van der Waals surface area contributed by atoms with Gasteiger partial charge in [0.25, 0.3) is 0 Å². The van der Waals surface area contributed by atoms with Crippen molar-refractivity contribution in [2.45, 2.75) is 33.7 Å². The molecule has 0 radical (unpaired) electrons. The van der Waals surface area contributed by atoms with Gasteiger partial charge >= 0.3 is 0 Å². The monoisotopic (exact) mass is 246 g/mol. The minimum Gasteiger partial charge on any atom is -0.310 e. The summed E-state index contributed by atoms with van der Waals surface area (Å²) in [5.74, 6) is 0.645. The van der Waals surface area contributed by atoms with Gasteiger partial charge in [-0.3, -0.25) is 4.79 Å². The Bertz CT molecular complexity index is 456. The molecule has 3 nitrogen and oxygen atoms in total. The van der Waals surface area contributed by atoms with E-state index < -0.39 is 0 Å². The summed E-state index contributed by atoms with van der Waals surface area (Å²) in [5.41, 5.74) is 3.49. The van der Waals surface area contributed by atoms with Gasteiger partial charge in [-0.2, -0.15) is 0 Å². The normalized spacial score (nSPS) is 25.1. The molecular weight excluding hydrogens is 224 g/mol. The first-order chi connectivity index (χ1) is 8.50. The van der Waals surface area contributed by atoms with E-state index in [9.17, 15) is 4.79 Å². The summed E-state index contributed by atoms with van der Waals surface area (Å²) in [6.45, 7) is 9.99. The number of hydrogen-bond donors (Lipinski definition) is 1. The molecule has 1 aromatic rings. The molecule has 1 aliphatic heterocycles. The van der Waals surface area contributed by atoms with E-state index in [-0.39, 0.29) is 11.9 Å². The fraction of sp³-hybridized carbons (Fsp3) is 0.533. The number of aryl methyl sites for hydroxylation is 1. The minimum absolute atomic E-state index is 0.102. The Labute approximate surface area is 109 Å². The van der Waals surface area contributed by atoms with Crippen molar-refractivity contribution in [3.8, 4) is 0 Å². The molecule has 1 aliphatic rings. The molecule has 1 saturated heterocycles. The molecular formula is C15H22N2O. The van der Waals surface area contributed by atoms with Crippen molar-refractivity contribution in [3.05, 3.63) is 29.3 Å². The van der Waals surface area contributed by atoms with Crippen LogP contribution in [0.5, 0.6) is 0 Å². The van der Waals surface area contributed by atoms with E-state index in [2.05, 4.69) is 32.2 Å². The molecule has 1 fully saturated rings. The van der Waals surface area contributed by atoms with Gasteiger partial charge in [0.05, 0.1) is 6.04 Å². The average molecular weight is 246 g/mol. The van der Waals surface area contributed by atoms with Crippen molar-refractivity contribution in [2.75, 3.05) is 18.0 Å². The fourth-order valence-electron chi connectivity index (χ4n) is 2.41. The predicted molar refractivity (Wildman–Crippen MR) is 74.9 cm³/mol. The minimum atomic E-state index is -0.102. The highest BCUT2D eigenvalue weighted by Crippen LogP contribution is 2.25. The van der Waals surface area contributed by atoms with Crippen molar-refractivity contribution in [2.24, 2.45) is 5.92 Å². The zero-order chi connectivity index (χ0) is 13.3. The maximum absolute atomic E-state index is 12.4. The highest BCUT2D eigenvalue weighted by molar-refractivity contribution is 5.98. The lowest BCUT2D eigenvalue weighted by atomic mass is 10.1. The standard InChI is InChI=1S/C15H22N2O/c1-10-8-16-13(4)15(18)17(9-10)14-7-5-6-11(2)12(14)3/h5-7,10,13,16H,8-9H2,1-4H3. The SMILES string of the molecule is Cc1cccc(N2CC(C)CNC(C)C2=O)c1C. The zero-order valence-electron chi connectivity index (χ0n) is 11.7. The first-order valence-corrected chi connectivity index (χ1v) is 6.61. The van der Waals surface area contributed by atoms with Crippen LogP contribution < -0.4 is 10.2 Å². The second-order valence-corrected chi connectivity index (χ2v) is 5.40. The number of carbonyl (C=O) groups is 1. The Morgan fingerprint density at radius 1 is 1.28 bits per heavy atom.